The van der Waals surface area contributed by atoms with Gasteiger partial charge in [0.1, 0.15) is 5.75 Å². The molecule has 1 heteroatoms. The first-order valence-corrected chi connectivity index (χ1v) is 10.3. The molecular formula is C26H30O. The zero-order valence-corrected chi connectivity index (χ0v) is 16.6. The van der Waals surface area contributed by atoms with Gasteiger partial charge in [0.05, 0.1) is 6.61 Å². The summed E-state index contributed by atoms with van der Waals surface area (Å²) < 4.78 is 5.65. The van der Waals surface area contributed by atoms with Crippen LogP contribution in [0, 0.1) is 17.8 Å². The van der Waals surface area contributed by atoms with Crippen molar-refractivity contribution < 1.29 is 4.74 Å². The van der Waals surface area contributed by atoms with Crippen LogP contribution < -0.4 is 4.74 Å². The Kier molecular flexibility index (Phi) is 7.17. The largest absolute Gasteiger partial charge is 0.494 e. The highest BCUT2D eigenvalue weighted by molar-refractivity contribution is 5.65. The van der Waals surface area contributed by atoms with Gasteiger partial charge in [-0.25, -0.2) is 0 Å². The highest BCUT2D eigenvalue weighted by Crippen LogP contribution is 2.27. The molecule has 1 unspecified atom stereocenters. The predicted octanol–water partition coefficient (Wildman–Crippen LogP) is 7.02. The molecule has 1 nitrogen and oxygen atoms in total. The number of rotatable bonds is 6. The van der Waals surface area contributed by atoms with Crippen LogP contribution in [-0.4, -0.2) is 6.61 Å². The van der Waals surface area contributed by atoms with Crippen molar-refractivity contribution in [3.8, 4) is 28.7 Å². The molecule has 1 aliphatic carbocycles. The quantitative estimate of drug-likeness (QED) is 0.504. The molecule has 0 spiro atoms. The van der Waals surface area contributed by atoms with Crippen LogP contribution >= 0.6 is 0 Å². The van der Waals surface area contributed by atoms with E-state index < -0.39 is 0 Å². The van der Waals surface area contributed by atoms with Crippen molar-refractivity contribution in [2.45, 2.75) is 52.4 Å². The average Bonchev–Trinajstić information content (AvgIpc) is 2.73. The molecule has 2 aromatic carbocycles. The fourth-order valence-electron chi connectivity index (χ4n) is 3.53. The van der Waals surface area contributed by atoms with Crippen molar-refractivity contribution in [2.24, 2.45) is 5.92 Å². The molecule has 0 aromatic heterocycles. The minimum Gasteiger partial charge on any atom is -0.494 e. The van der Waals surface area contributed by atoms with Crippen LogP contribution in [0.4, 0.5) is 0 Å². The summed E-state index contributed by atoms with van der Waals surface area (Å²) in [6, 6.07) is 16.9. The Morgan fingerprint density at radius 2 is 1.59 bits per heavy atom. The molecule has 2 aromatic rings. The Morgan fingerprint density at radius 3 is 2.19 bits per heavy atom. The molecule has 0 saturated carbocycles. The molecule has 0 radical (unpaired) electrons. The Morgan fingerprint density at radius 1 is 0.889 bits per heavy atom. The monoisotopic (exact) mass is 358 g/mol. The fraction of sp³-hybridized carbons (Fsp3) is 0.385. The van der Waals surface area contributed by atoms with Crippen LogP contribution in [0.3, 0.4) is 0 Å². The third kappa shape index (κ3) is 5.76. The van der Waals surface area contributed by atoms with Gasteiger partial charge in [-0.2, -0.15) is 0 Å². The van der Waals surface area contributed by atoms with Gasteiger partial charge in [0.25, 0.3) is 0 Å². The molecule has 27 heavy (non-hydrogen) atoms. The van der Waals surface area contributed by atoms with E-state index in [0.29, 0.717) is 0 Å². The van der Waals surface area contributed by atoms with E-state index in [2.05, 4.69) is 68.2 Å². The summed E-state index contributed by atoms with van der Waals surface area (Å²) in [5.74, 6) is 8.52. The summed E-state index contributed by atoms with van der Waals surface area (Å²) in [5.41, 5.74) is 4.81. The SMILES string of the molecule is CCCOc1ccc(-c2ccc(C#CC3=CCC(CCC)CC3)cc2)cc1. The maximum Gasteiger partial charge on any atom is 0.119 e. The third-order valence-electron chi connectivity index (χ3n) is 5.13. The van der Waals surface area contributed by atoms with E-state index in [4.69, 9.17) is 4.74 Å². The van der Waals surface area contributed by atoms with E-state index in [1.165, 1.54) is 42.4 Å². The van der Waals surface area contributed by atoms with Crippen LogP contribution in [0.25, 0.3) is 11.1 Å². The smallest absolute Gasteiger partial charge is 0.119 e. The molecule has 1 atom stereocenters. The van der Waals surface area contributed by atoms with Crippen molar-refractivity contribution in [3.63, 3.8) is 0 Å². The topological polar surface area (TPSA) is 9.23 Å². The first kappa shape index (κ1) is 19.3. The molecule has 0 fully saturated rings. The lowest BCUT2D eigenvalue weighted by Gasteiger charge is -2.18. The first-order valence-electron chi connectivity index (χ1n) is 10.3. The van der Waals surface area contributed by atoms with Gasteiger partial charge < -0.3 is 4.74 Å². The number of allylic oxidation sites excluding steroid dienone is 2. The first-order chi connectivity index (χ1) is 13.3. The van der Waals surface area contributed by atoms with Crippen LogP contribution in [0.5, 0.6) is 5.75 Å². The molecular weight excluding hydrogens is 328 g/mol. The molecule has 0 amide bonds. The molecule has 0 heterocycles. The van der Waals surface area contributed by atoms with Crippen LogP contribution in [0.2, 0.25) is 0 Å². The van der Waals surface area contributed by atoms with Gasteiger partial charge >= 0.3 is 0 Å². The summed E-state index contributed by atoms with van der Waals surface area (Å²) in [4.78, 5) is 0. The summed E-state index contributed by atoms with van der Waals surface area (Å²) in [7, 11) is 0. The Hall–Kier alpha value is -2.46. The van der Waals surface area contributed by atoms with E-state index in [0.717, 1.165) is 36.7 Å². The van der Waals surface area contributed by atoms with Gasteiger partial charge in [-0.1, -0.05) is 68.9 Å². The van der Waals surface area contributed by atoms with Crippen LogP contribution in [0.15, 0.2) is 60.2 Å². The molecule has 3 rings (SSSR count). The van der Waals surface area contributed by atoms with Crippen LogP contribution in [-0.2, 0) is 0 Å². The van der Waals surface area contributed by atoms with Crippen molar-refractivity contribution in [1.29, 1.82) is 0 Å². The maximum atomic E-state index is 5.65. The summed E-state index contributed by atoms with van der Waals surface area (Å²) in [6.45, 7) is 5.16. The van der Waals surface area contributed by atoms with E-state index in [9.17, 15) is 0 Å². The van der Waals surface area contributed by atoms with Crippen molar-refractivity contribution in [3.05, 3.63) is 65.7 Å². The van der Waals surface area contributed by atoms with Gasteiger partial charge in [-0.05, 0) is 72.6 Å². The summed E-state index contributed by atoms with van der Waals surface area (Å²) in [5, 5.41) is 0. The number of hydrogen-bond donors (Lipinski definition) is 0. The van der Waals surface area contributed by atoms with Crippen LogP contribution in [0.1, 0.15) is 57.9 Å². The Labute approximate surface area is 164 Å². The number of hydrogen-bond acceptors (Lipinski definition) is 1. The van der Waals surface area contributed by atoms with Crippen molar-refractivity contribution in [1.82, 2.24) is 0 Å². The molecule has 0 saturated heterocycles. The van der Waals surface area contributed by atoms with Gasteiger partial charge in [0.15, 0.2) is 0 Å². The lowest BCUT2D eigenvalue weighted by Crippen LogP contribution is -2.04. The highest BCUT2D eigenvalue weighted by Gasteiger charge is 2.12. The third-order valence-corrected chi connectivity index (χ3v) is 5.13. The lowest BCUT2D eigenvalue weighted by atomic mass is 9.87. The van der Waals surface area contributed by atoms with Crippen molar-refractivity contribution in [2.75, 3.05) is 6.61 Å². The fourth-order valence-corrected chi connectivity index (χ4v) is 3.53. The van der Waals surface area contributed by atoms with E-state index in [-0.39, 0.29) is 0 Å². The standard InChI is InChI=1S/C26H30O/c1-3-5-21-6-8-22(9-7-21)10-11-23-12-14-24(15-13-23)25-16-18-26(19-17-25)27-20-4-2/h8,12-19,21H,3-7,9,20H2,1-2H3. The number of benzene rings is 2. The number of ether oxygens (including phenoxy) is 1. The minimum atomic E-state index is 0.766. The maximum absolute atomic E-state index is 5.65. The summed E-state index contributed by atoms with van der Waals surface area (Å²) >= 11 is 0. The molecule has 1 aliphatic rings. The zero-order valence-electron chi connectivity index (χ0n) is 16.6. The molecule has 0 bridgehead atoms. The van der Waals surface area contributed by atoms with Gasteiger partial charge in [0, 0.05) is 5.56 Å². The summed E-state index contributed by atoms with van der Waals surface area (Å²) in [6.07, 6.45) is 9.67. The Balaban J connectivity index is 1.61. The van der Waals surface area contributed by atoms with Gasteiger partial charge in [0.2, 0.25) is 0 Å². The zero-order chi connectivity index (χ0) is 18.9. The normalized spacial score (nSPS) is 16.2. The van der Waals surface area contributed by atoms with E-state index in [1.54, 1.807) is 0 Å². The molecule has 140 valence electrons. The molecule has 0 N–H and O–H groups in total. The average molecular weight is 359 g/mol. The Bertz CT molecular complexity index is 800. The van der Waals surface area contributed by atoms with Crippen molar-refractivity contribution >= 4 is 0 Å². The second-order valence-corrected chi connectivity index (χ2v) is 7.36. The van der Waals surface area contributed by atoms with E-state index in [1.807, 2.05) is 12.1 Å². The molecule has 0 aliphatic heterocycles. The minimum absolute atomic E-state index is 0.766. The van der Waals surface area contributed by atoms with Gasteiger partial charge in [-0.15, -0.1) is 0 Å². The second-order valence-electron chi connectivity index (χ2n) is 7.36. The van der Waals surface area contributed by atoms with Gasteiger partial charge in [-0.3, -0.25) is 0 Å². The second kappa shape index (κ2) is 10.0. The highest BCUT2D eigenvalue weighted by atomic mass is 16.5. The van der Waals surface area contributed by atoms with E-state index >= 15 is 0 Å². The predicted molar refractivity (Wildman–Crippen MR) is 115 cm³/mol. The lowest BCUT2D eigenvalue weighted by molar-refractivity contribution is 0.317.